The maximum absolute atomic E-state index is 13.2. The van der Waals surface area contributed by atoms with Crippen LogP contribution in [0.2, 0.25) is 0 Å². The summed E-state index contributed by atoms with van der Waals surface area (Å²) in [5, 5.41) is 3.89. The summed E-state index contributed by atoms with van der Waals surface area (Å²) in [5.41, 5.74) is 2.16. The number of rotatable bonds is 5. The summed E-state index contributed by atoms with van der Waals surface area (Å²) in [6, 6.07) is 18.6. The third kappa shape index (κ3) is 4.43. The zero-order valence-corrected chi connectivity index (χ0v) is 18.0. The normalized spacial score (nSPS) is 15.9. The van der Waals surface area contributed by atoms with Gasteiger partial charge in [-0.05, 0) is 43.2 Å². The minimum Gasteiger partial charge on any atom is -0.454 e. The fraction of sp³-hybridized carbons (Fsp3) is 0.192. The molecule has 0 spiro atoms. The largest absolute Gasteiger partial charge is 0.454 e. The van der Waals surface area contributed by atoms with Gasteiger partial charge in [-0.1, -0.05) is 30.3 Å². The van der Waals surface area contributed by atoms with Gasteiger partial charge in [0.2, 0.25) is 5.91 Å². The Balaban J connectivity index is 1.29. The summed E-state index contributed by atoms with van der Waals surface area (Å²) in [6.07, 6.45) is 6.55. The molecule has 2 amide bonds. The number of fused-ring (bicyclic) bond motifs is 1. The molecule has 7 nitrogen and oxygen atoms in total. The second-order valence-electron chi connectivity index (χ2n) is 8.11. The van der Waals surface area contributed by atoms with Crippen LogP contribution >= 0.6 is 0 Å². The highest BCUT2D eigenvalue weighted by molar-refractivity contribution is 6.07. The number of carbonyl (C=O) groups is 2. The van der Waals surface area contributed by atoms with Gasteiger partial charge in [-0.3, -0.25) is 14.6 Å². The number of aromatic nitrogens is 2. The number of nitrogens with zero attached hydrogens (tertiary/aromatic N) is 2. The number of aromatic amines is 1. The predicted molar refractivity (Wildman–Crippen MR) is 126 cm³/mol. The van der Waals surface area contributed by atoms with Gasteiger partial charge in [0.25, 0.3) is 5.91 Å². The molecule has 166 valence electrons. The molecule has 7 heteroatoms. The van der Waals surface area contributed by atoms with Crippen LogP contribution in [0.1, 0.15) is 23.2 Å². The van der Waals surface area contributed by atoms with Crippen LogP contribution in [0.5, 0.6) is 11.5 Å². The summed E-state index contributed by atoms with van der Waals surface area (Å²) < 4.78 is 5.90. The molecule has 5 rings (SSSR count). The Morgan fingerprint density at radius 2 is 1.91 bits per heavy atom. The minimum absolute atomic E-state index is 0.0507. The van der Waals surface area contributed by atoms with Crippen molar-refractivity contribution in [3.8, 4) is 11.5 Å². The Bertz CT molecular complexity index is 1280. The van der Waals surface area contributed by atoms with E-state index in [9.17, 15) is 9.59 Å². The van der Waals surface area contributed by atoms with Crippen molar-refractivity contribution >= 4 is 28.4 Å². The number of piperidine rings is 1. The smallest absolute Gasteiger partial charge is 0.256 e. The Morgan fingerprint density at radius 1 is 1.06 bits per heavy atom. The highest BCUT2D eigenvalue weighted by atomic mass is 16.5. The third-order valence-corrected chi connectivity index (χ3v) is 5.91. The van der Waals surface area contributed by atoms with Gasteiger partial charge in [0.1, 0.15) is 5.75 Å². The Labute approximate surface area is 191 Å². The lowest BCUT2D eigenvalue weighted by Gasteiger charge is -2.32. The minimum atomic E-state index is -0.292. The molecule has 4 aromatic rings. The van der Waals surface area contributed by atoms with Crippen molar-refractivity contribution in [2.75, 3.05) is 18.4 Å². The molecule has 1 fully saturated rings. The number of pyridine rings is 1. The van der Waals surface area contributed by atoms with Gasteiger partial charge in [-0.15, -0.1) is 0 Å². The molecule has 0 bridgehead atoms. The third-order valence-electron chi connectivity index (χ3n) is 5.91. The van der Waals surface area contributed by atoms with Crippen molar-refractivity contribution < 1.29 is 14.3 Å². The number of nitrogens with one attached hydrogen (secondary N) is 2. The average molecular weight is 441 g/mol. The fourth-order valence-corrected chi connectivity index (χ4v) is 4.22. The molecule has 1 aliphatic heterocycles. The number of anilines is 1. The maximum Gasteiger partial charge on any atom is 0.256 e. The fourth-order valence-electron chi connectivity index (χ4n) is 4.22. The molecule has 0 aliphatic carbocycles. The van der Waals surface area contributed by atoms with E-state index < -0.39 is 0 Å². The number of ether oxygens (including phenoxy) is 1. The highest BCUT2D eigenvalue weighted by Crippen LogP contribution is 2.30. The molecule has 33 heavy (non-hydrogen) atoms. The number of hydrogen-bond donors (Lipinski definition) is 2. The molecular weight excluding hydrogens is 416 g/mol. The SMILES string of the molecule is O=C(Nc1ccccc1Oc1cccnc1)[C@@H]1CCCN(C(=O)c2c[nH]c3ccccc23)C1. The number of hydrogen-bond acceptors (Lipinski definition) is 4. The molecule has 2 N–H and O–H groups in total. The zero-order chi connectivity index (χ0) is 22.6. The van der Waals surface area contributed by atoms with E-state index in [4.69, 9.17) is 4.74 Å². The second kappa shape index (κ2) is 9.16. The molecule has 0 unspecified atom stereocenters. The first kappa shape index (κ1) is 20.8. The molecule has 0 saturated carbocycles. The summed E-state index contributed by atoms with van der Waals surface area (Å²) in [6.45, 7) is 1.03. The molecule has 2 aromatic heterocycles. The standard InChI is InChI=1S/C26H24N4O3/c31-25(29-23-11-3-4-12-24(23)33-19-8-5-13-27-15-19)18-7-6-14-30(17-18)26(32)21-16-28-22-10-2-1-9-20(21)22/h1-5,8-13,15-16,18,28H,6-7,14,17H2,(H,29,31)/t18-/m1/s1. The monoisotopic (exact) mass is 440 g/mol. The lowest BCUT2D eigenvalue weighted by Crippen LogP contribution is -2.43. The molecule has 0 radical (unpaired) electrons. The van der Waals surface area contributed by atoms with Crippen molar-refractivity contribution in [3.05, 3.63) is 84.8 Å². The molecular formula is C26H24N4O3. The van der Waals surface area contributed by atoms with Crippen LogP contribution in [0.4, 0.5) is 5.69 Å². The van der Waals surface area contributed by atoms with E-state index in [1.54, 1.807) is 47.8 Å². The van der Waals surface area contributed by atoms with Gasteiger partial charge < -0.3 is 19.9 Å². The Kier molecular flexibility index (Phi) is 5.76. The Morgan fingerprint density at radius 3 is 2.79 bits per heavy atom. The van der Waals surface area contributed by atoms with Gasteiger partial charge in [-0.2, -0.15) is 0 Å². The topological polar surface area (TPSA) is 87.3 Å². The van der Waals surface area contributed by atoms with Crippen molar-refractivity contribution in [1.29, 1.82) is 0 Å². The summed E-state index contributed by atoms with van der Waals surface area (Å²) in [5.74, 6) is 0.673. The lowest BCUT2D eigenvalue weighted by molar-refractivity contribution is -0.121. The quantitative estimate of drug-likeness (QED) is 0.465. The second-order valence-corrected chi connectivity index (χ2v) is 8.11. The lowest BCUT2D eigenvalue weighted by atomic mass is 9.96. The van der Waals surface area contributed by atoms with Gasteiger partial charge >= 0.3 is 0 Å². The summed E-state index contributed by atoms with van der Waals surface area (Å²) in [7, 11) is 0. The van der Waals surface area contributed by atoms with Crippen molar-refractivity contribution in [2.45, 2.75) is 12.8 Å². The number of likely N-dealkylation sites (tertiary alicyclic amines) is 1. The summed E-state index contributed by atoms with van der Waals surface area (Å²) >= 11 is 0. The first-order valence-corrected chi connectivity index (χ1v) is 11.0. The predicted octanol–water partition coefficient (Wildman–Crippen LogP) is 4.85. The molecule has 3 heterocycles. The first-order valence-electron chi connectivity index (χ1n) is 11.0. The van der Waals surface area contributed by atoms with Crippen LogP contribution in [0.15, 0.2) is 79.3 Å². The van der Waals surface area contributed by atoms with E-state index >= 15 is 0 Å². The zero-order valence-electron chi connectivity index (χ0n) is 18.0. The van der Waals surface area contributed by atoms with E-state index in [1.807, 2.05) is 36.4 Å². The summed E-state index contributed by atoms with van der Waals surface area (Å²) in [4.78, 5) is 35.3. The van der Waals surface area contributed by atoms with Gasteiger partial charge in [-0.25, -0.2) is 0 Å². The van der Waals surface area contributed by atoms with E-state index in [2.05, 4.69) is 15.3 Å². The number of benzene rings is 2. The van der Waals surface area contributed by atoms with Crippen molar-refractivity contribution in [2.24, 2.45) is 5.92 Å². The van der Waals surface area contributed by atoms with E-state index in [-0.39, 0.29) is 17.7 Å². The van der Waals surface area contributed by atoms with Crippen LogP contribution in [-0.2, 0) is 4.79 Å². The maximum atomic E-state index is 13.2. The van der Waals surface area contributed by atoms with E-state index in [0.717, 1.165) is 23.7 Å². The van der Waals surface area contributed by atoms with Gasteiger partial charge in [0, 0.05) is 36.4 Å². The van der Waals surface area contributed by atoms with Gasteiger partial charge in [0.05, 0.1) is 23.4 Å². The Hall–Kier alpha value is -4.13. The highest BCUT2D eigenvalue weighted by Gasteiger charge is 2.30. The average Bonchev–Trinajstić information content (AvgIpc) is 3.30. The molecule has 2 aromatic carbocycles. The number of amides is 2. The van der Waals surface area contributed by atoms with Crippen molar-refractivity contribution in [3.63, 3.8) is 0 Å². The van der Waals surface area contributed by atoms with Crippen LogP contribution < -0.4 is 10.1 Å². The van der Waals surface area contributed by atoms with E-state index in [1.165, 1.54) is 0 Å². The first-order chi connectivity index (χ1) is 16.2. The molecule has 1 atom stereocenters. The number of para-hydroxylation sites is 3. The van der Waals surface area contributed by atoms with Crippen molar-refractivity contribution in [1.82, 2.24) is 14.9 Å². The van der Waals surface area contributed by atoms with E-state index in [0.29, 0.717) is 35.8 Å². The number of carbonyl (C=O) groups excluding carboxylic acids is 2. The van der Waals surface area contributed by atoms with Crippen LogP contribution in [-0.4, -0.2) is 39.8 Å². The molecule has 1 saturated heterocycles. The van der Waals surface area contributed by atoms with Crippen LogP contribution in [0.3, 0.4) is 0 Å². The number of H-pyrrole nitrogens is 1. The van der Waals surface area contributed by atoms with Crippen LogP contribution in [0.25, 0.3) is 10.9 Å². The van der Waals surface area contributed by atoms with Gasteiger partial charge in [0.15, 0.2) is 5.75 Å². The molecule has 1 aliphatic rings. The van der Waals surface area contributed by atoms with Crippen LogP contribution in [0, 0.1) is 5.92 Å².